The molecule has 2 fully saturated rings. The van der Waals surface area contributed by atoms with Crippen molar-refractivity contribution in [3.63, 3.8) is 0 Å². The third-order valence-corrected chi connectivity index (χ3v) is 9.40. The quantitative estimate of drug-likeness (QED) is 0.218. The fourth-order valence-corrected chi connectivity index (χ4v) is 6.27. The Hall–Kier alpha value is -3.82. The van der Waals surface area contributed by atoms with Gasteiger partial charge in [-0.05, 0) is 90.7 Å². The third-order valence-electron chi connectivity index (χ3n) is 8.34. The lowest BCUT2D eigenvalue weighted by atomic mass is 9.89. The second kappa shape index (κ2) is 17.7. The molecule has 0 aliphatic carbocycles. The Kier molecular flexibility index (Phi) is 13.2. The highest BCUT2D eigenvalue weighted by atomic mass is 79.9. The molecule has 0 spiro atoms. The van der Waals surface area contributed by atoms with Gasteiger partial charge in [0, 0.05) is 97.9 Å². The molecule has 11 nitrogen and oxygen atoms in total. The Morgan fingerprint density at radius 1 is 0.714 bits per heavy atom. The Balaban J connectivity index is 0.000000192. The van der Waals surface area contributed by atoms with E-state index in [0.717, 1.165) is 96.6 Å². The molecule has 4 N–H and O–H groups in total. The number of amides is 2. The fourth-order valence-electron chi connectivity index (χ4n) is 5.74. The number of aromatic nitrogens is 2. The molecule has 2 amide bonds. The van der Waals surface area contributed by atoms with E-state index in [2.05, 4.69) is 56.9 Å². The summed E-state index contributed by atoms with van der Waals surface area (Å²) in [6.07, 6.45) is 3.48. The minimum Gasteiger partial charge on any atom is -0.433 e. The van der Waals surface area contributed by atoms with Crippen LogP contribution in [-0.4, -0.2) is 106 Å². The van der Waals surface area contributed by atoms with Gasteiger partial charge in [-0.25, -0.2) is 9.97 Å². The number of nitrogen functional groups attached to an aromatic ring is 1. The van der Waals surface area contributed by atoms with Crippen LogP contribution >= 0.6 is 31.9 Å². The van der Waals surface area contributed by atoms with Gasteiger partial charge in [0.25, 0.3) is 11.8 Å². The van der Waals surface area contributed by atoms with E-state index in [1.54, 1.807) is 19.2 Å². The van der Waals surface area contributed by atoms with Crippen LogP contribution in [0, 0.1) is 0 Å². The molecular formula is C35H41BBr2N8O3. The van der Waals surface area contributed by atoms with Crippen molar-refractivity contribution in [3.8, 4) is 0 Å². The standard InChI is InChI=1S/C18H22BBrN4O2.C17H19BrN4O/c1-19(26)22-17-12-14(6-7-21-17)13-23-8-10-24(11-9-23)18(25)15-2-4-16(20)5-3-15;18-15-3-1-14(2-4-15)17(23)22-9-7-21(8-10-22)12-13-5-6-20-16(19)11-13/h2-7,12,26H,8-11,13H2,1H3,(H,21,22);1-6,11H,7-10,12H2,(H2,19,20). The maximum Gasteiger partial charge on any atom is 0.408 e. The number of benzene rings is 2. The first-order valence-corrected chi connectivity index (χ1v) is 17.9. The molecule has 4 heterocycles. The third kappa shape index (κ3) is 11.1. The molecule has 2 aromatic heterocycles. The fraction of sp³-hybridized carbons (Fsp3) is 0.314. The van der Waals surface area contributed by atoms with Crippen molar-refractivity contribution in [1.29, 1.82) is 0 Å². The summed E-state index contributed by atoms with van der Waals surface area (Å²) in [5.74, 6) is 1.41. The van der Waals surface area contributed by atoms with Crippen LogP contribution in [0.3, 0.4) is 0 Å². The Morgan fingerprint density at radius 2 is 1.14 bits per heavy atom. The Labute approximate surface area is 304 Å². The van der Waals surface area contributed by atoms with Crippen molar-refractivity contribution >= 4 is 62.4 Å². The largest absolute Gasteiger partial charge is 0.433 e. The van der Waals surface area contributed by atoms with E-state index in [0.29, 0.717) is 11.6 Å². The van der Waals surface area contributed by atoms with E-state index in [4.69, 9.17) is 5.73 Å². The zero-order valence-corrected chi connectivity index (χ0v) is 30.7. The van der Waals surface area contributed by atoms with E-state index in [9.17, 15) is 14.6 Å². The molecule has 0 unspecified atom stereocenters. The number of nitrogens with two attached hydrogens (primary N) is 1. The molecule has 2 aliphatic rings. The van der Waals surface area contributed by atoms with E-state index in [-0.39, 0.29) is 11.8 Å². The van der Waals surface area contributed by atoms with Gasteiger partial charge >= 0.3 is 7.05 Å². The summed E-state index contributed by atoms with van der Waals surface area (Å²) in [5, 5.41) is 12.3. The van der Waals surface area contributed by atoms with Gasteiger partial charge in [-0.3, -0.25) is 19.4 Å². The number of carbonyl (C=O) groups is 2. The van der Waals surface area contributed by atoms with Gasteiger partial charge in [0.15, 0.2) is 0 Å². The van der Waals surface area contributed by atoms with E-state index < -0.39 is 7.05 Å². The van der Waals surface area contributed by atoms with Crippen LogP contribution in [0.2, 0.25) is 6.82 Å². The van der Waals surface area contributed by atoms with Crippen LogP contribution in [0.1, 0.15) is 31.8 Å². The lowest BCUT2D eigenvalue weighted by Gasteiger charge is -2.34. The van der Waals surface area contributed by atoms with E-state index in [1.807, 2.05) is 82.6 Å². The first kappa shape index (κ1) is 36.5. The lowest BCUT2D eigenvalue weighted by molar-refractivity contribution is 0.0622. The maximum absolute atomic E-state index is 12.6. The predicted octanol–water partition coefficient (Wildman–Crippen LogP) is 4.71. The van der Waals surface area contributed by atoms with Gasteiger partial charge in [-0.15, -0.1) is 0 Å². The molecule has 0 radical (unpaired) electrons. The maximum atomic E-state index is 12.6. The van der Waals surface area contributed by atoms with Crippen molar-refractivity contribution in [1.82, 2.24) is 29.6 Å². The van der Waals surface area contributed by atoms with E-state index in [1.165, 1.54) is 0 Å². The average Bonchev–Trinajstić information content (AvgIpc) is 3.09. The van der Waals surface area contributed by atoms with Crippen LogP contribution < -0.4 is 11.0 Å². The molecule has 2 aliphatic heterocycles. The highest BCUT2D eigenvalue weighted by Crippen LogP contribution is 2.17. The van der Waals surface area contributed by atoms with Gasteiger partial charge < -0.3 is 25.8 Å². The van der Waals surface area contributed by atoms with Crippen molar-refractivity contribution in [2.45, 2.75) is 19.9 Å². The zero-order chi connectivity index (χ0) is 34.8. The Morgan fingerprint density at radius 3 is 1.57 bits per heavy atom. The number of hydrogen-bond donors (Lipinski definition) is 3. The topological polar surface area (TPSA) is 131 Å². The second-order valence-electron chi connectivity index (χ2n) is 12.1. The monoisotopic (exact) mass is 790 g/mol. The normalized spacial score (nSPS) is 15.3. The molecule has 6 rings (SSSR count). The van der Waals surface area contributed by atoms with Crippen LogP contribution in [0.4, 0.5) is 11.6 Å². The molecule has 4 aromatic rings. The number of anilines is 2. The summed E-state index contributed by atoms with van der Waals surface area (Å²) < 4.78 is 1.95. The lowest BCUT2D eigenvalue weighted by Crippen LogP contribution is -2.48. The SMILES string of the molecule is CB(O)Nc1cc(CN2CCN(C(=O)c3ccc(Br)cc3)CC2)ccn1.Nc1cc(CN2CCN(C(=O)c3ccc(Br)cc3)CC2)ccn1. The van der Waals surface area contributed by atoms with Crippen molar-refractivity contribution in [2.75, 3.05) is 63.3 Å². The summed E-state index contributed by atoms with van der Waals surface area (Å²) in [4.78, 5) is 41.8. The number of pyridine rings is 2. The van der Waals surface area contributed by atoms with Crippen molar-refractivity contribution in [3.05, 3.63) is 116 Å². The number of carbonyl (C=O) groups excluding carboxylic acids is 2. The van der Waals surface area contributed by atoms with Crippen LogP contribution in [0.15, 0.2) is 94.1 Å². The molecule has 2 aromatic carbocycles. The van der Waals surface area contributed by atoms with Crippen molar-refractivity contribution < 1.29 is 14.6 Å². The molecular weight excluding hydrogens is 751 g/mol. The molecule has 256 valence electrons. The predicted molar refractivity (Wildman–Crippen MR) is 201 cm³/mol. The highest BCUT2D eigenvalue weighted by molar-refractivity contribution is 9.10. The summed E-state index contributed by atoms with van der Waals surface area (Å²) in [5.41, 5.74) is 9.47. The molecule has 0 saturated carbocycles. The van der Waals surface area contributed by atoms with Gasteiger partial charge in [-0.1, -0.05) is 31.9 Å². The van der Waals surface area contributed by atoms with Crippen LogP contribution in [0.5, 0.6) is 0 Å². The number of halogens is 2. The van der Waals surface area contributed by atoms with Gasteiger partial charge in [0.1, 0.15) is 11.6 Å². The van der Waals surface area contributed by atoms with Gasteiger partial charge in [0.05, 0.1) is 0 Å². The average molecular weight is 792 g/mol. The van der Waals surface area contributed by atoms with E-state index >= 15 is 0 Å². The van der Waals surface area contributed by atoms with Crippen LogP contribution in [0.25, 0.3) is 0 Å². The van der Waals surface area contributed by atoms with Crippen LogP contribution in [-0.2, 0) is 13.1 Å². The smallest absolute Gasteiger partial charge is 0.408 e. The number of rotatable bonds is 8. The minimum atomic E-state index is -0.633. The highest BCUT2D eigenvalue weighted by Gasteiger charge is 2.23. The molecule has 14 heteroatoms. The molecule has 0 bridgehead atoms. The summed E-state index contributed by atoms with van der Waals surface area (Å²) in [7, 11) is -0.633. The number of piperazine rings is 2. The number of nitrogens with one attached hydrogen (secondary N) is 1. The first-order chi connectivity index (χ1) is 23.6. The second-order valence-corrected chi connectivity index (χ2v) is 13.9. The molecule has 49 heavy (non-hydrogen) atoms. The zero-order valence-electron chi connectivity index (χ0n) is 27.5. The molecule has 2 saturated heterocycles. The van der Waals surface area contributed by atoms with Gasteiger partial charge in [0.2, 0.25) is 0 Å². The van der Waals surface area contributed by atoms with Crippen molar-refractivity contribution in [2.24, 2.45) is 0 Å². The van der Waals surface area contributed by atoms with Gasteiger partial charge in [-0.2, -0.15) is 0 Å². The minimum absolute atomic E-state index is 0.0875. The summed E-state index contributed by atoms with van der Waals surface area (Å²) in [6, 6.07) is 22.8. The first-order valence-electron chi connectivity index (χ1n) is 16.3. The Bertz CT molecular complexity index is 1680. The summed E-state index contributed by atoms with van der Waals surface area (Å²) >= 11 is 6.78. The number of hydrogen-bond acceptors (Lipinski definition) is 9. The number of nitrogens with zero attached hydrogens (tertiary/aromatic N) is 6. The summed E-state index contributed by atoms with van der Waals surface area (Å²) in [6.45, 7) is 9.64. The molecule has 0 atom stereocenters.